The summed E-state index contributed by atoms with van der Waals surface area (Å²) in [7, 11) is 0. The Morgan fingerprint density at radius 3 is 2.60 bits per heavy atom. The number of benzene rings is 1. The fourth-order valence-electron chi connectivity index (χ4n) is 3.04. The van der Waals surface area contributed by atoms with Gasteiger partial charge in [-0.1, -0.05) is 30.3 Å². The first kappa shape index (κ1) is 15.6. The molecular weight excluding hydrogens is 316 g/mol. The summed E-state index contributed by atoms with van der Waals surface area (Å²) in [5.41, 5.74) is 3.15. The highest BCUT2D eigenvalue weighted by atomic mass is 16.5. The van der Waals surface area contributed by atoms with Gasteiger partial charge in [0.05, 0.1) is 11.2 Å². The van der Waals surface area contributed by atoms with Crippen LogP contribution in [0.2, 0.25) is 0 Å². The average molecular weight is 334 g/mol. The molecule has 5 nitrogen and oxygen atoms in total. The third-order valence-corrected chi connectivity index (χ3v) is 4.44. The van der Waals surface area contributed by atoms with E-state index in [-0.39, 0.29) is 18.3 Å². The zero-order chi connectivity index (χ0) is 17.4. The Morgan fingerprint density at radius 2 is 1.92 bits per heavy atom. The van der Waals surface area contributed by atoms with Crippen LogP contribution in [-0.2, 0) is 11.3 Å². The van der Waals surface area contributed by atoms with Gasteiger partial charge in [0.25, 0.3) is 0 Å². The third kappa shape index (κ3) is 2.93. The van der Waals surface area contributed by atoms with E-state index in [9.17, 15) is 9.59 Å². The van der Waals surface area contributed by atoms with Crippen molar-refractivity contribution >= 4 is 17.3 Å². The molecule has 1 aliphatic rings. The van der Waals surface area contributed by atoms with Crippen LogP contribution in [0.1, 0.15) is 57.7 Å². The summed E-state index contributed by atoms with van der Waals surface area (Å²) in [6.07, 6.45) is 3.79. The van der Waals surface area contributed by atoms with Gasteiger partial charge in [0.1, 0.15) is 12.2 Å². The molecule has 0 saturated heterocycles. The largest absolute Gasteiger partial charge is 0.457 e. The van der Waals surface area contributed by atoms with Gasteiger partial charge in [0.15, 0.2) is 5.78 Å². The number of ether oxygens (including phenoxy) is 1. The first-order valence-corrected chi connectivity index (χ1v) is 8.38. The normalized spacial score (nSPS) is 13.8. The van der Waals surface area contributed by atoms with Gasteiger partial charge in [-0.25, -0.2) is 9.31 Å². The minimum atomic E-state index is -0.422. The van der Waals surface area contributed by atoms with Crippen LogP contribution >= 0.6 is 0 Å². The molecule has 1 saturated carbocycles. The van der Waals surface area contributed by atoms with E-state index in [0.717, 1.165) is 24.1 Å². The van der Waals surface area contributed by atoms with Crippen LogP contribution in [0.5, 0.6) is 0 Å². The van der Waals surface area contributed by atoms with Crippen LogP contribution in [0, 0.1) is 0 Å². The molecule has 2 aromatic heterocycles. The van der Waals surface area contributed by atoms with Gasteiger partial charge in [-0.15, -0.1) is 0 Å². The molecule has 4 rings (SSSR count). The molecule has 0 unspecified atom stereocenters. The fraction of sp³-hybridized carbons (Fsp3) is 0.250. The van der Waals surface area contributed by atoms with Crippen molar-refractivity contribution in [1.82, 2.24) is 9.61 Å². The first-order chi connectivity index (χ1) is 12.1. The van der Waals surface area contributed by atoms with E-state index in [1.807, 2.05) is 30.3 Å². The standard InChI is InChI=1S/C20H18N2O3/c1-13(23)16-8-5-11-22-19(16)17(18(21-22)15-9-10-15)20(24)25-12-14-6-3-2-4-7-14/h2-8,11,15H,9-10,12H2,1H3. The predicted octanol–water partition coefficient (Wildman–Crippen LogP) is 3.77. The second kappa shape index (κ2) is 6.16. The van der Waals surface area contributed by atoms with Crippen molar-refractivity contribution in [3.05, 3.63) is 71.0 Å². The molecule has 1 aliphatic carbocycles. The Labute approximate surface area is 145 Å². The molecule has 126 valence electrons. The minimum Gasteiger partial charge on any atom is -0.457 e. The van der Waals surface area contributed by atoms with E-state index >= 15 is 0 Å². The van der Waals surface area contributed by atoms with E-state index in [0.29, 0.717) is 16.6 Å². The maximum atomic E-state index is 12.8. The number of hydrogen-bond donors (Lipinski definition) is 0. The predicted molar refractivity (Wildman–Crippen MR) is 92.7 cm³/mol. The lowest BCUT2D eigenvalue weighted by Gasteiger charge is -2.07. The van der Waals surface area contributed by atoms with Gasteiger partial charge in [-0.05, 0) is 37.5 Å². The molecule has 2 heterocycles. The summed E-state index contributed by atoms with van der Waals surface area (Å²) in [6.45, 7) is 1.70. The van der Waals surface area contributed by atoms with Gasteiger partial charge >= 0.3 is 5.97 Å². The second-order valence-electron chi connectivity index (χ2n) is 6.37. The van der Waals surface area contributed by atoms with E-state index in [4.69, 9.17) is 4.74 Å². The summed E-state index contributed by atoms with van der Waals surface area (Å²) in [6, 6.07) is 13.0. The molecule has 0 N–H and O–H groups in total. The van der Waals surface area contributed by atoms with Crippen molar-refractivity contribution in [2.45, 2.75) is 32.3 Å². The van der Waals surface area contributed by atoms with Crippen LogP contribution in [0.3, 0.4) is 0 Å². The van der Waals surface area contributed by atoms with Crippen LogP contribution in [-0.4, -0.2) is 21.4 Å². The number of aromatic nitrogens is 2. The monoisotopic (exact) mass is 334 g/mol. The number of carbonyl (C=O) groups is 2. The number of fused-ring (bicyclic) bond motifs is 1. The smallest absolute Gasteiger partial charge is 0.342 e. The van der Waals surface area contributed by atoms with Gasteiger partial charge in [0.2, 0.25) is 0 Å². The Balaban J connectivity index is 1.75. The van der Waals surface area contributed by atoms with E-state index in [1.54, 1.807) is 22.8 Å². The Bertz CT molecular complexity index is 956. The topological polar surface area (TPSA) is 60.7 Å². The molecule has 1 fully saturated rings. The lowest BCUT2D eigenvalue weighted by atomic mass is 10.1. The van der Waals surface area contributed by atoms with Crippen molar-refractivity contribution in [3.63, 3.8) is 0 Å². The SMILES string of the molecule is CC(=O)c1cccn2nc(C3CC3)c(C(=O)OCc3ccccc3)c12. The van der Waals surface area contributed by atoms with Crippen molar-refractivity contribution < 1.29 is 14.3 Å². The molecule has 0 spiro atoms. The van der Waals surface area contributed by atoms with Crippen LogP contribution in [0.4, 0.5) is 0 Å². The summed E-state index contributed by atoms with van der Waals surface area (Å²) in [4.78, 5) is 24.8. The molecule has 0 radical (unpaired) electrons. The fourth-order valence-corrected chi connectivity index (χ4v) is 3.04. The van der Waals surface area contributed by atoms with Crippen molar-refractivity contribution in [1.29, 1.82) is 0 Å². The van der Waals surface area contributed by atoms with E-state index in [1.165, 1.54) is 6.92 Å². The molecule has 0 atom stereocenters. The molecule has 0 amide bonds. The maximum Gasteiger partial charge on any atom is 0.342 e. The Kier molecular flexibility index (Phi) is 3.84. The Hall–Kier alpha value is -2.95. The number of hydrogen-bond acceptors (Lipinski definition) is 4. The van der Waals surface area contributed by atoms with E-state index < -0.39 is 5.97 Å². The van der Waals surface area contributed by atoms with Crippen molar-refractivity contribution in [2.24, 2.45) is 0 Å². The molecule has 0 bridgehead atoms. The van der Waals surface area contributed by atoms with Gasteiger partial charge < -0.3 is 4.74 Å². The number of esters is 1. The molecule has 1 aromatic carbocycles. The number of Topliss-reactive ketones (excluding diaryl/α,β-unsaturated/α-hetero) is 1. The molecule has 25 heavy (non-hydrogen) atoms. The quantitative estimate of drug-likeness (QED) is 0.526. The lowest BCUT2D eigenvalue weighted by Crippen LogP contribution is -2.09. The highest BCUT2D eigenvalue weighted by Gasteiger charge is 2.34. The van der Waals surface area contributed by atoms with Crippen LogP contribution in [0.25, 0.3) is 5.52 Å². The Morgan fingerprint density at radius 1 is 1.16 bits per heavy atom. The summed E-state index contributed by atoms with van der Waals surface area (Å²) >= 11 is 0. The van der Waals surface area contributed by atoms with Crippen molar-refractivity contribution in [2.75, 3.05) is 0 Å². The number of pyridine rings is 1. The minimum absolute atomic E-state index is 0.0926. The number of rotatable bonds is 5. The van der Waals surface area contributed by atoms with Gasteiger partial charge in [-0.2, -0.15) is 5.10 Å². The maximum absolute atomic E-state index is 12.8. The van der Waals surface area contributed by atoms with E-state index in [2.05, 4.69) is 5.10 Å². The molecule has 0 aliphatic heterocycles. The summed E-state index contributed by atoms with van der Waals surface area (Å²) in [5, 5.41) is 4.56. The zero-order valence-electron chi connectivity index (χ0n) is 13.9. The van der Waals surface area contributed by atoms with Gasteiger partial charge in [0, 0.05) is 17.7 Å². The average Bonchev–Trinajstić information content (AvgIpc) is 3.40. The van der Waals surface area contributed by atoms with Crippen molar-refractivity contribution in [3.8, 4) is 0 Å². The molecular formula is C20H18N2O3. The number of ketones is 1. The number of nitrogens with zero attached hydrogens (tertiary/aromatic N) is 2. The lowest BCUT2D eigenvalue weighted by molar-refractivity contribution is 0.0473. The summed E-state index contributed by atoms with van der Waals surface area (Å²) < 4.78 is 7.16. The van der Waals surface area contributed by atoms with Crippen LogP contribution < -0.4 is 0 Å². The number of carbonyl (C=O) groups excluding carboxylic acids is 2. The molecule has 3 aromatic rings. The zero-order valence-corrected chi connectivity index (χ0v) is 13.9. The second-order valence-corrected chi connectivity index (χ2v) is 6.37. The highest BCUT2D eigenvalue weighted by Crippen LogP contribution is 2.42. The van der Waals surface area contributed by atoms with Crippen LogP contribution in [0.15, 0.2) is 48.7 Å². The summed E-state index contributed by atoms with van der Waals surface area (Å²) in [5.74, 6) is -0.238. The first-order valence-electron chi connectivity index (χ1n) is 8.38. The highest BCUT2D eigenvalue weighted by molar-refractivity contribution is 6.08. The molecule has 5 heteroatoms. The van der Waals surface area contributed by atoms with Gasteiger partial charge in [-0.3, -0.25) is 4.79 Å². The third-order valence-electron chi connectivity index (χ3n) is 4.44.